The lowest BCUT2D eigenvalue weighted by molar-refractivity contribution is 0.455. The van der Waals surface area contributed by atoms with Crippen LogP contribution in [-0.4, -0.2) is 5.11 Å². The van der Waals surface area contributed by atoms with Crippen molar-refractivity contribution in [3.8, 4) is 5.75 Å². The van der Waals surface area contributed by atoms with Crippen LogP contribution in [-0.2, 0) is 0 Å². The molecule has 2 nitrogen and oxygen atoms in total. The van der Waals surface area contributed by atoms with Gasteiger partial charge in [-0.2, -0.15) is 0 Å². The van der Waals surface area contributed by atoms with Crippen LogP contribution in [0.3, 0.4) is 0 Å². The lowest BCUT2D eigenvalue weighted by Crippen LogP contribution is -2.08. The van der Waals surface area contributed by atoms with Crippen molar-refractivity contribution >= 4 is 0 Å². The highest BCUT2D eigenvalue weighted by molar-refractivity contribution is 5.37. The molecule has 0 aliphatic heterocycles. The van der Waals surface area contributed by atoms with E-state index in [4.69, 9.17) is 5.73 Å². The predicted octanol–water partition coefficient (Wildman–Crippen LogP) is 1.72. The van der Waals surface area contributed by atoms with Gasteiger partial charge in [0.25, 0.3) is 0 Å². The molecule has 1 rings (SSSR count). The van der Waals surface area contributed by atoms with E-state index in [-0.39, 0.29) is 11.3 Å². The number of hydrogen-bond acceptors (Lipinski definition) is 2. The van der Waals surface area contributed by atoms with E-state index in [1.54, 1.807) is 0 Å². The monoisotopic (exact) mass is 167 g/mol. The van der Waals surface area contributed by atoms with E-state index in [1.165, 1.54) is 24.3 Å². The summed E-state index contributed by atoms with van der Waals surface area (Å²) >= 11 is 0. The predicted molar refractivity (Wildman–Crippen MR) is 45.2 cm³/mol. The smallest absolute Gasteiger partial charge is 0.132 e. The van der Waals surface area contributed by atoms with E-state index in [0.717, 1.165) is 0 Å². The lowest BCUT2D eigenvalue weighted by atomic mass is 10.1. The van der Waals surface area contributed by atoms with Gasteiger partial charge in [0.15, 0.2) is 0 Å². The summed E-state index contributed by atoms with van der Waals surface area (Å²) in [5.74, 6) is -0.648. The second kappa shape index (κ2) is 3.36. The number of rotatable bonds is 2. The highest BCUT2D eigenvalue weighted by Gasteiger charge is 2.12. The lowest BCUT2D eigenvalue weighted by Gasteiger charge is -2.09. The van der Waals surface area contributed by atoms with E-state index in [1.807, 2.05) is 0 Å². The van der Waals surface area contributed by atoms with Gasteiger partial charge in [-0.1, -0.05) is 12.1 Å². The zero-order valence-electron chi connectivity index (χ0n) is 6.50. The van der Waals surface area contributed by atoms with Gasteiger partial charge in [-0.05, 0) is 12.1 Å². The molecular weight excluding hydrogens is 157 g/mol. The van der Waals surface area contributed by atoms with Crippen molar-refractivity contribution in [2.75, 3.05) is 0 Å². The van der Waals surface area contributed by atoms with Crippen molar-refractivity contribution in [2.45, 2.75) is 6.04 Å². The van der Waals surface area contributed by atoms with Crippen LogP contribution in [0.1, 0.15) is 11.6 Å². The number of aromatic hydroxyl groups is 1. The molecule has 0 saturated heterocycles. The molecule has 1 aromatic carbocycles. The van der Waals surface area contributed by atoms with Gasteiger partial charge in [0, 0.05) is 0 Å². The van der Waals surface area contributed by atoms with Crippen LogP contribution < -0.4 is 5.73 Å². The molecule has 1 atom stereocenters. The number of phenols is 1. The Labute approximate surface area is 70.1 Å². The quantitative estimate of drug-likeness (QED) is 0.659. The van der Waals surface area contributed by atoms with Crippen molar-refractivity contribution in [1.29, 1.82) is 0 Å². The molecule has 0 radical (unpaired) electrons. The van der Waals surface area contributed by atoms with Gasteiger partial charge >= 0.3 is 0 Å². The molecule has 0 aliphatic carbocycles. The van der Waals surface area contributed by atoms with Gasteiger partial charge in [0.1, 0.15) is 11.6 Å². The molecule has 3 N–H and O–H groups in total. The molecule has 0 fully saturated rings. The molecule has 0 spiro atoms. The first kappa shape index (κ1) is 8.74. The van der Waals surface area contributed by atoms with Gasteiger partial charge in [0.2, 0.25) is 0 Å². The van der Waals surface area contributed by atoms with Crippen molar-refractivity contribution in [2.24, 2.45) is 5.73 Å². The molecule has 0 aromatic heterocycles. The highest BCUT2D eigenvalue weighted by atomic mass is 19.1. The second-order valence-corrected chi connectivity index (χ2v) is 2.43. The van der Waals surface area contributed by atoms with E-state index in [9.17, 15) is 9.50 Å². The van der Waals surface area contributed by atoms with Crippen molar-refractivity contribution in [1.82, 2.24) is 0 Å². The largest absolute Gasteiger partial charge is 0.507 e. The average Bonchev–Trinajstić information content (AvgIpc) is 2.03. The van der Waals surface area contributed by atoms with Crippen LogP contribution in [0.2, 0.25) is 0 Å². The van der Waals surface area contributed by atoms with Crippen molar-refractivity contribution in [3.63, 3.8) is 0 Å². The Kier molecular flexibility index (Phi) is 2.45. The van der Waals surface area contributed by atoms with Crippen LogP contribution in [0.15, 0.2) is 30.9 Å². The minimum atomic E-state index is -0.661. The Hall–Kier alpha value is -1.35. The first-order valence-electron chi connectivity index (χ1n) is 3.52. The summed E-state index contributed by atoms with van der Waals surface area (Å²) < 4.78 is 13.0. The summed E-state index contributed by atoms with van der Waals surface area (Å²) in [5.41, 5.74) is 5.57. The molecule has 1 aromatic rings. The summed E-state index contributed by atoms with van der Waals surface area (Å²) in [6, 6.07) is 3.40. The Balaban J connectivity index is 3.20. The zero-order chi connectivity index (χ0) is 9.14. The van der Waals surface area contributed by atoms with Gasteiger partial charge in [-0.25, -0.2) is 4.39 Å². The number of benzene rings is 1. The average molecular weight is 167 g/mol. The normalized spacial score (nSPS) is 12.5. The van der Waals surface area contributed by atoms with E-state index in [2.05, 4.69) is 6.58 Å². The summed E-state index contributed by atoms with van der Waals surface area (Å²) in [4.78, 5) is 0. The fourth-order valence-corrected chi connectivity index (χ4v) is 0.973. The summed E-state index contributed by atoms with van der Waals surface area (Å²) in [7, 11) is 0. The summed E-state index contributed by atoms with van der Waals surface area (Å²) in [5, 5.41) is 9.23. The third kappa shape index (κ3) is 1.46. The number of hydrogen-bond donors (Lipinski definition) is 2. The van der Waals surface area contributed by atoms with Crippen LogP contribution in [0.5, 0.6) is 5.75 Å². The molecule has 12 heavy (non-hydrogen) atoms. The zero-order valence-corrected chi connectivity index (χ0v) is 6.50. The van der Waals surface area contributed by atoms with Crippen LogP contribution in [0.25, 0.3) is 0 Å². The summed E-state index contributed by atoms with van der Waals surface area (Å²) in [6.45, 7) is 3.42. The Bertz CT molecular complexity index is 278. The Morgan fingerprint density at radius 2 is 2.25 bits per heavy atom. The third-order valence-electron chi connectivity index (χ3n) is 1.62. The van der Waals surface area contributed by atoms with E-state index < -0.39 is 11.9 Å². The van der Waals surface area contributed by atoms with Crippen molar-refractivity contribution < 1.29 is 9.50 Å². The Morgan fingerprint density at radius 3 is 2.75 bits per heavy atom. The molecule has 0 saturated carbocycles. The van der Waals surface area contributed by atoms with Gasteiger partial charge in [-0.3, -0.25) is 0 Å². The van der Waals surface area contributed by atoms with Gasteiger partial charge < -0.3 is 10.8 Å². The molecule has 0 aliphatic rings. The standard InChI is InChI=1S/C9H10FNO/c1-2-7(11)9-6(10)4-3-5-8(9)12/h2-5,7,12H,1,11H2. The number of nitrogens with two attached hydrogens (primary N) is 1. The Morgan fingerprint density at radius 1 is 1.58 bits per heavy atom. The SMILES string of the molecule is C=CC(N)c1c(O)cccc1F. The fourth-order valence-electron chi connectivity index (χ4n) is 0.973. The van der Waals surface area contributed by atoms with Gasteiger partial charge in [0.05, 0.1) is 11.6 Å². The second-order valence-electron chi connectivity index (χ2n) is 2.43. The molecular formula is C9H10FNO. The molecule has 0 bridgehead atoms. The first-order valence-corrected chi connectivity index (χ1v) is 3.52. The van der Waals surface area contributed by atoms with Crippen LogP contribution in [0.4, 0.5) is 4.39 Å². The van der Waals surface area contributed by atoms with E-state index >= 15 is 0 Å². The first-order chi connectivity index (χ1) is 5.66. The van der Waals surface area contributed by atoms with Crippen molar-refractivity contribution in [3.05, 3.63) is 42.2 Å². The van der Waals surface area contributed by atoms with E-state index in [0.29, 0.717) is 0 Å². The third-order valence-corrected chi connectivity index (χ3v) is 1.62. The van der Waals surface area contributed by atoms with Crippen LogP contribution in [0, 0.1) is 5.82 Å². The fraction of sp³-hybridized carbons (Fsp3) is 0.111. The minimum Gasteiger partial charge on any atom is -0.507 e. The van der Waals surface area contributed by atoms with Gasteiger partial charge in [-0.15, -0.1) is 6.58 Å². The molecule has 1 unspecified atom stereocenters. The molecule has 3 heteroatoms. The minimum absolute atomic E-state index is 0.0903. The number of phenolic OH excluding ortho intramolecular Hbond substituents is 1. The molecule has 0 heterocycles. The summed E-state index contributed by atoms with van der Waals surface area (Å²) in [6.07, 6.45) is 1.37. The maximum absolute atomic E-state index is 13.0. The topological polar surface area (TPSA) is 46.2 Å². The number of halogens is 1. The molecule has 64 valence electrons. The highest BCUT2D eigenvalue weighted by Crippen LogP contribution is 2.25. The maximum atomic E-state index is 13.0. The molecule has 0 amide bonds. The maximum Gasteiger partial charge on any atom is 0.132 e. The van der Waals surface area contributed by atoms with Crippen LogP contribution >= 0.6 is 0 Å².